The van der Waals surface area contributed by atoms with Crippen LogP contribution in [0.15, 0.2) is 29.2 Å². The Kier molecular flexibility index (Phi) is 8.08. The van der Waals surface area contributed by atoms with Crippen LogP contribution in [0.2, 0.25) is 5.02 Å². The number of amides is 1. The van der Waals surface area contributed by atoms with Crippen LogP contribution < -0.4 is 4.72 Å². The third kappa shape index (κ3) is 6.42. The maximum absolute atomic E-state index is 12.7. The number of halogens is 1. The zero-order chi connectivity index (χ0) is 21.8. The molecule has 1 amide bonds. The first kappa shape index (κ1) is 23.6. The van der Waals surface area contributed by atoms with Gasteiger partial charge in [0.1, 0.15) is 6.04 Å². The van der Waals surface area contributed by atoms with E-state index in [1.165, 1.54) is 31.2 Å². The molecule has 1 heterocycles. The number of hydrogen-bond donors (Lipinski definition) is 1. The van der Waals surface area contributed by atoms with Gasteiger partial charge in [-0.05, 0) is 55.9 Å². The molecule has 0 saturated carbocycles. The topological polar surface area (TPSA) is 92.8 Å². The van der Waals surface area contributed by atoms with Gasteiger partial charge in [0, 0.05) is 18.1 Å². The minimum absolute atomic E-state index is 0.00749. The smallest absolute Gasteiger partial charge is 0.325 e. The van der Waals surface area contributed by atoms with Gasteiger partial charge in [0.15, 0.2) is 6.10 Å². The number of piperidine rings is 1. The number of nitrogens with one attached hydrogen (secondary N) is 1. The molecule has 0 spiro atoms. The van der Waals surface area contributed by atoms with Crippen molar-refractivity contribution in [3.05, 3.63) is 29.3 Å². The van der Waals surface area contributed by atoms with Crippen molar-refractivity contribution in [2.75, 3.05) is 13.1 Å². The van der Waals surface area contributed by atoms with Crippen molar-refractivity contribution >= 4 is 33.5 Å². The van der Waals surface area contributed by atoms with Crippen molar-refractivity contribution in [3.8, 4) is 0 Å². The van der Waals surface area contributed by atoms with Gasteiger partial charge in [-0.25, -0.2) is 8.42 Å². The lowest BCUT2D eigenvalue weighted by Crippen LogP contribution is -2.49. The van der Waals surface area contributed by atoms with Gasteiger partial charge in [-0.15, -0.1) is 0 Å². The first-order valence-electron chi connectivity index (χ1n) is 9.78. The van der Waals surface area contributed by atoms with Gasteiger partial charge < -0.3 is 9.64 Å². The van der Waals surface area contributed by atoms with Gasteiger partial charge in [-0.1, -0.05) is 32.4 Å². The molecule has 1 aromatic carbocycles. The molecule has 9 heteroatoms. The van der Waals surface area contributed by atoms with E-state index in [4.69, 9.17) is 16.3 Å². The Morgan fingerprint density at radius 1 is 1.14 bits per heavy atom. The Morgan fingerprint density at radius 2 is 1.69 bits per heavy atom. The highest BCUT2D eigenvalue weighted by Gasteiger charge is 2.33. The maximum Gasteiger partial charge on any atom is 0.325 e. The van der Waals surface area contributed by atoms with Crippen LogP contribution >= 0.6 is 11.6 Å². The second-order valence-corrected chi connectivity index (χ2v) is 10.0. The van der Waals surface area contributed by atoms with Crippen LogP contribution in [0.1, 0.15) is 40.5 Å². The molecule has 2 atom stereocenters. The van der Waals surface area contributed by atoms with Gasteiger partial charge in [0.2, 0.25) is 10.0 Å². The minimum Gasteiger partial charge on any atom is -0.451 e. The van der Waals surface area contributed by atoms with E-state index in [9.17, 15) is 18.0 Å². The number of benzene rings is 1. The Morgan fingerprint density at radius 3 is 2.21 bits per heavy atom. The second kappa shape index (κ2) is 9.91. The summed E-state index contributed by atoms with van der Waals surface area (Å²) < 4.78 is 33.0. The van der Waals surface area contributed by atoms with E-state index in [2.05, 4.69) is 11.6 Å². The third-order valence-corrected chi connectivity index (χ3v) is 6.77. The molecule has 7 nitrogen and oxygen atoms in total. The highest BCUT2D eigenvalue weighted by atomic mass is 35.5. The molecule has 2 rings (SSSR count). The van der Waals surface area contributed by atoms with Gasteiger partial charge >= 0.3 is 5.97 Å². The summed E-state index contributed by atoms with van der Waals surface area (Å²) in [6, 6.07) is 4.51. The van der Waals surface area contributed by atoms with Crippen LogP contribution in [0.4, 0.5) is 0 Å². The van der Waals surface area contributed by atoms with E-state index in [1.54, 1.807) is 18.7 Å². The van der Waals surface area contributed by atoms with Crippen LogP contribution in [-0.4, -0.2) is 50.4 Å². The molecule has 1 fully saturated rings. The fourth-order valence-electron chi connectivity index (χ4n) is 3.09. The monoisotopic (exact) mass is 444 g/mol. The number of sulfonamides is 1. The van der Waals surface area contributed by atoms with Crippen molar-refractivity contribution in [2.45, 2.75) is 57.6 Å². The number of carbonyl (C=O) groups is 2. The Labute approximate surface area is 177 Å². The molecule has 0 aromatic heterocycles. The molecule has 1 aromatic rings. The minimum atomic E-state index is -3.95. The van der Waals surface area contributed by atoms with E-state index in [0.29, 0.717) is 24.0 Å². The quantitative estimate of drug-likeness (QED) is 0.653. The highest BCUT2D eigenvalue weighted by Crippen LogP contribution is 2.19. The molecule has 0 bridgehead atoms. The second-order valence-electron chi connectivity index (χ2n) is 7.88. The van der Waals surface area contributed by atoms with Crippen molar-refractivity contribution in [3.63, 3.8) is 0 Å². The first-order chi connectivity index (χ1) is 13.5. The number of ether oxygens (including phenoxy) is 1. The third-order valence-electron chi connectivity index (χ3n) is 5.06. The first-order valence-corrected chi connectivity index (χ1v) is 11.6. The van der Waals surface area contributed by atoms with E-state index < -0.39 is 28.1 Å². The molecular formula is C20H29ClN2O5S. The molecule has 1 saturated heterocycles. The predicted octanol–water partition coefficient (Wildman–Crippen LogP) is 2.83. The summed E-state index contributed by atoms with van der Waals surface area (Å²) in [7, 11) is -3.95. The largest absolute Gasteiger partial charge is 0.451 e. The molecule has 0 unspecified atom stereocenters. The summed E-state index contributed by atoms with van der Waals surface area (Å²) in [6.07, 6.45) is 0.862. The molecule has 1 N–H and O–H groups in total. The van der Waals surface area contributed by atoms with Crippen LogP contribution in [0.25, 0.3) is 0 Å². The van der Waals surface area contributed by atoms with Crippen LogP contribution in [0.3, 0.4) is 0 Å². The Bertz CT molecular complexity index is 818. The number of rotatable bonds is 7. The molecule has 29 heavy (non-hydrogen) atoms. The zero-order valence-electron chi connectivity index (χ0n) is 17.2. The fourth-order valence-corrected chi connectivity index (χ4v) is 4.55. The molecule has 0 radical (unpaired) electrons. The van der Waals surface area contributed by atoms with Gasteiger partial charge in [-0.3, -0.25) is 9.59 Å². The average Bonchev–Trinajstić information content (AvgIpc) is 2.66. The van der Waals surface area contributed by atoms with Crippen molar-refractivity contribution < 1.29 is 22.7 Å². The lowest BCUT2D eigenvalue weighted by Gasteiger charge is -2.32. The maximum atomic E-state index is 12.7. The van der Waals surface area contributed by atoms with Crippen molar-refractivity contribution in [1.29, 1.82) is 0 Å². The number of carbonyl (C=O) groups excluding carboxylic acids is 2. The standard InChI is InChI=1S/C20H29ClN2O5S/c1-13(2)18(22-29(26,27)17-7-5-16(21)6-8-17)20(25)28-15(4)19(24)23-11-9-14(3)10-12-23/h5-8,13-15,18,22H,9-12H2,1-4H3/t15-,18+/m1/s1. The summed E-state index contributed by atoms with van der Waals surface area (Å²) >= 11 is 5.80. The summed E-state index contributed by atoms with van der Waals surface area (Å²) in [4.78, 5) is 26.9. The highest BCUT2D eigenvalue weighted by molar-refractivity contribution is 7.89. The van der Waals surface area contributed by atoms with E-state index in [1.807, 2.05) is 0 Å². The van der Waals surface area contributed by atoms with Crippen LogP contribution in [0.5, 0.6) is 0 Å². The summed E-state index contributed by atoms with van der Waals surface area (Å²) in [5, 5.41) is 0.406. The number of hydrogen-bond acceptors (Lipinski definition) is 5. The van der Waals surface area contributed by atoms with Crippen molar-refractivity contribution in [2.24, 2.45) is 11.8 Å². The normalized spacial score (nSPS) is 17.8. The van der Waals surface area contributed by atoms with E-state index in [-0.39, 0.29) is 16.7 Å². The average molecular weight is 445 g/mol. The lowest BCUT2D eigenvalue weighted by atomic mass is 9.99. The SMILES string of the molecule is CC1CCN(C(=O)[C@@H](C)OC(=O)[C@@H](NS(=O)(=O)c2ccc(Cl)cc2)C(C)C)CC1. The zero-order valence-corrected chi connectivity index (χ0v) is 18.8. The number of nitrogens with zero attached hydrogens (tertiary/aromatic N) is 1. The number of likely N-dealkylation sites (tertiary alicyclic amines) is 1. The molecule has 1 aliphatic heterocycles. The van der Waals surface area contributed by atoms with Crippen LogP contribution in [-0.2, 0) is 24.3 Å². The Hall–Kier alpha value is -1.64. The fraction of sp³-hybridized carbons (Fsp3) is 0.600. The summed E-state index contributed by atoms with van der Waals surface area (Å²) in [5.74, 6) is -0.829. The molecule has 1 aliphatic rings. The van der Waals surface area contributed by atoms with Gasteiger partial charge in [0.05, 0.1) is 4.90 Å². The van der Waals surface area contributed by atoms with Gasteiger partial charge in [0.25, 0.3) is 5.91 Å². The number of esters is 1. The Balaban J connectivity index is 2.05. The molecule has 0 aliphatic carbocycles. The predicted molar refractivity (Wildman–Crippen MR) is 111 cm³/mol. The van der Waals surface area contributed by atoms with Crippen LogP contribution in [0, 0.1) is 11.8 Å². The van der Waals surface area contributed by atoms with Gasteiger partial charge in [-0.2, -0.15) is 4.72 Å². The molecule has 162 valence electrons. The summed E-state index contributed by atoms with van der Waals surface area (Å²) in [6.45, 7) is 8.34. The van der Waals surface area contributed by atoms with E-state index >= 15 is 0 Å². The molecular weight excluding hydrogens is 416 g/mol. The summed E-state index contributed by atoms with van der Waals surface area (Å²) in [5.41, 5.74) is 0. The van der Waals surface area contributed by atoms with Crippen molar-refractivity contribution in [1.82, 2.24) is 9.62 Å². The van der Waals surface area contributed by atoms with E-state index in [0.717, 1.165) is 12.8 Å². The lowest BCUT2D eigenvalue weighted by molar-refractivity contribution is -0.161.